The predicted molar refractivity (Wildman–Crippen MR) is 94.4 cm³/mol. The van der Waals surface area contributed by atoms with Crippen LogP contribution in [0.4, 0.5) is 0 Å². The van der Waals surface area contributed by atoms with E-state index in [4.69, 9.17) is 0 Å². The molecule has 0 heterocycles. The third-order valence-electron chi connectivity index (χ3n) is 5.88. The smallest absolute Gasteiger partial charge is 0.270 e. The van der Waals surface area contributed by atoms with Crippen molar-refractivity contribution in [2.24, 2.45) is 16.7 Å². The van der Waals surface area contributed by atoms with Crippen LogP contribution in [0.1, 0.15) is 33.1 Å². The maximum Gasteiger partial charge on any atom is 0.270 e. The highest BCUT2D eigenvalue weighted by Gasteiger charge is 2.66. The molecule has 2 bridgehead atoms. The highest BCUT2D eigenvalue weighted by molar-refractivity contribution is 8.25. The van der Waals surface area contributed by atoms with E-state index in [2.05, 4.69) is 13.2 Å². The maximum atomic E-state index is 12.9. The lowest BCUT2D eigenvalue weighted by molar-refractivity contribution is -0.128. The van der Waals surface area contributed by atoms with E-state index in [1.54, 1.807) is 13.8 Å². The zero-order valence-corrected chi connectivity index (χ0v) is 16.6. The van der Waals surface area contributed by atoms with Gasteiger partial charge in [-0.05, 0) is 24.2 Å². The molecule has 0 N–H and O–H groups in total. The Morgan fingerprint density at radius 1 is 1.08 bits per heavy atom. The summed E-state index contributed by atoms with van der Waals surface area (Å²) in [6, 6.07) is 0. The molecule has 2 unspecified atom stereocenters. The Labute approximate surface area is 148 Å². The van der Waals surface area contributed by atoms with E-state index in [1.165, 1.54) is 0 Å². The highest BCUT2D eigenvalue weighted by Crippen LogP contribution is 2.64. The molecule has 25 heavy (non-hydrogen) atoms. The third-order valence-corrected chi connectivity index (χ3v) is 14.3. The van der Waals surface area contributed by atoms with E-state index in [-0.39, 0.29) is 18.1 Å². The van der Waals surface area contributed by atoms with Crippen LogP contribution in [0.5, 0.6) is 0 Å². The van der Waals surface area contributed by atoms with Gasteiger partial charge < -0.3 is 0 Å². The summed E-state index contributed by atoms with van der Waals surface area (Å²) >= 11 is 0. The van der Waals surface area contributed by atoms with Gasteiger partial charge in [-0.15, -0.1) is 0 Å². The fourth-order valence-electron chi connectivity index (χ4n) is 4.27. The first kappa shape index (κ1) is 20.3. The van der Waals surface area contributed by atoms with Crippen LogP contribution in [0.15, 0.2) is 24.0 Å². The standard InChI is InChI=1S/C15H22O7S3/c1-5-23(17,18)13(24(19,20)6-2)25(21,22)10-15-8-7-11(9-12(15)16)14(15,3)4/h5-6,11,13H,1-2,7-10H2,3-4H3. The molecule has 0 aromatic carbocycles. The van der Waals surface area contributed by atoms with Gasteiger partial charge in [0.15, 0.2) is 9.84 Å². The number of sulfone groups is 3. The minimum atomic E-state index is -4.73. The van der Waals surface area contributed by atoms with Crippen LogP contribution in [0, 0.1) is 16.7 Å². The molecule has 0 saturated heterocycles. The lowest BCUT2D eigenvalue weighted by Crippen LogP contribution is -2.47. The molecule has 2 rings (SSSR count). The highest BCUT2D eigenvalue weighted by atomic mass is 32.3. The van der Waals surface area contributed by atoms with Crippen LogP contribution >= 0.6 is 0 Å². The SMILES string of the molecule is C=CS(=O)(=O)C(S(=O)(=O)C=C)S(=O)(=O)CC12CCC(CC1=O)C2(C)C. The largest absolute Gasteiger partial charge is 0.299 e. The lowest BCUT2D eigenvalue weighted by Gasteiger charge is -2.36. The minimum Gasteiger partial charge on any atom is -0.299 e. The number of carbonyl (C=O) groups excluding carboxylic acids is 1. The van der Waals surface area contributed by atoms with Gasteiger partial charge in [-0.3, -0.25) is 4.79 Å². The van der Waals surface area contributed by atoms with Gasteiger partial charge in [0.25, 0.3) is 3.91 Å². The molecule has 0 aromatic heterocycles. The predicted octanol–water partition coefficient (Wildman–Crippen LogP) is 1.20. The van der Waals surface area contributed by atoms with Gasteiger partial charge in [0, 0.05) is 22.7 Å². The molecule has 10 heteroatoms. The van der Waals surface area contributed by atoms with Crippen molar-refractivity contribution in [3.05, 3.63) is 24.0 Å². The molecule has 7 nitrogen and oxygen atoms in total. The van der Waals surface area contributed by atoms with Crippen molar-refractivity contribution in [3.8, 4) is 0 Å². The number of hydrogen-bond donors (Lipinski definition) is 0. The van der Waals surface area contributed by atoms with Gasteiger partial charge in [0.05, 0.1) is 5.75 Å². The fourth-order valence-corrected chi connectivity index (χ4v) is 12.2. The molecular formula is C15H22O7S3. The second-order valence-corrected chi connectivity index (χ2v) is 14.2. The number of rotatable bonds is 7. The molecule has 142 valence electrons. The summed E-state index contributed by atoms with van der Waals surface area (Å²) in [5.74, 6) is -1.05. The molecular weight excluding hydrogens is 388 g/mol. The van der Waals surface area contributed by atoms with Gasteiger partial charge in [-0.1, -0.05) is 27.0 Å². The molecule has 0 radical (unpaired) electrons. The molecule has 2 aliphatic carbocycles. The van der Waals surface area contributed by atoms with E-state index in [9.17, 15) is 30.0 Å². The van der Waals surface area contributed by atoms with Gasteiger partial charge in [0.1, 0.15) is 5.78 Å². The number of carbonyl (C=O) groups is 1. The Hall–Kier alpha value is -1.00. The number of Topliss-reactive ketones (excluding diaryl/α,β-unsaturated/α-hetero) is 1. The van der Waals surface area contributed by atoms with Crippen LogP contribution in [-0.4, -0.2) is 40.7 Å². The van der Waals surface area contributed by atoms with Crippen molar-refractivity contribution < 1.29 is 30.0 Å². The molecule has 2 fully saturated rings. The monoisotopic (exact) mass is 410 g/mol. The maximum absolute atomic E-state index is 12.9. The van der Waals surface area contributed by atoms with Crippen molar-refractivity contribution in [2.75, 3.05) is 5.75 Å². The second-order valence-electron chi connectivity index (χ2n) is 7.27. The first-order chi connectivity index (χ1) is 11.2. The molecule has 0 amide bonds. The first-order valence-corrected chi connectivity index (χ1v) is 12.6. The van der Waals surface area contributed by atoms with Gasteiger partial charge in [-0.2, -0.15) is 0 Å². The average Bonchev–Trinajstić information content (AvgIpc) is 2.79. The summed E-state index contributed by atoms with van der Waals surface area (Å²) < 4.78 is 71.7. The second kappa shape index (κ2) is 5.75. The zero-order chi connectivity index (χ0) is 19.5. The summed E-state index contributed by atoms with van der Waals surface area (Å²) in [4.78, 5) is 12.5. The topological polar surface area (TPSA) is 119 Å². The summed E-state index contributed by atoms with van der Waals surface area (Å²) in [5.41, 5.74) is -1.90. The number of fused-ring (bicyclic) bond motifs is 2. The average molecular weight is 411 g/mol. The molecule has 0 aliphatic heterocycles. The van der Waals surface area contributed by atoms with Crippen molar-refractivity contribution in [3.63, 3.8) is 0 Å². The van der Waals surface area contributed by atoms with E-state index in [0.717, 1.165) is 0 Å². The van der Waals surface area contributed by atoms with Gasteiger partial charge in [0.2, 0.25) is 19.7 Å². The van der Waals surface area contributed by atoms with Crippen LogP contribution in [0.3, 0.4) is 0 Å². The Morgan fingerprint density at radius 3 is 1.88 bits per heavy atom. The van der Waals surface area contributed by atoms with Crippen molar-refractivity contribution in [1.82, 2.24) is 0 Å². The number of hydrogen-bond acceptors (Lipinski definition) is 7. The van der Waals surface area contributed by atoms with Crippen LogP contribution in [0.25, 0.3) is 0 Å². The van der Waals surface area contributed by atoms with Crippen LogP contribution in [0.2, 0.25) is 0 Å². The van der Waals surface area contributed by atoms with Crippen LogP contribution in [-0.2, 0) is 34.3 Å². The molecule has 2 atom stereocenters. The number of ketones is 1. The Bertz CT molecular complexity index is 901. The van der Waals surface area contributed by atoms with Crippen LogP contribution < -0.4 is 0 Å². The van der Waals surface area contributed by atoms with Crippen molar-refractivity contribution >= 4 is 35.3 Å². The quantitative estimate of drug-likeness (QED) is 0.618. The zero-order valence-electron chi connectivity index (χ0n) is 14.1. The summed E-state index contributed by atoms with van der Waals surface area (Å²) in [5, 5.41) is 0.625. The summed E-state index contributed by atoms with van der Waals surface area (Å²) in [7, 11) is -14.1. The van der Waals surface area contributed by atoms with Crippen molar-refractivity contribution in [1.29, 1.82) is 0 Å². The van der Waals surface area contributed by atoms with E-state index in [1.807, 2.05) is 0 Å². The van der Waals surface area contributed by atoms with E-state index >= 15 is 0 Å². The fraction of sp³-hybridized carbons (Fsp3) is 0.667. The molecule has 0 aromatic rings. The minimum absolute atomic E-state index is 0.0145. The Morgan fingerprint density at radius 2 is 1.56 bits per heavy atom. The Balaban J connectivity index is 2.62. The normalized spacial score (nSPS) is 29.1. The summed E-state index contributed by atoms with van der Waals surface area (Å²) in [6.45, 7) is 9.60. The lowest BCUT2D eigenvalue weighted by atomic mass is 9.70. The third kappa shape index (κ3) is 2.82. The van der Waals surface area contributed by atoms with Gasteiger partial charge >= 0.3 is 0 Å². The van der Waals surface area contributed by atoms with E-state index in [0.29, 0.717) is 23.7 Å². The Kier molecular flexibility index (Phi) is 4.67. The van der Waals surface area contributed by atoms with Crippen molar-refractivity contribution in [2.45, 2.75) is 37.0 Å². The van der Waals surface area contributed by atoms with Gasteiger partial charge in [-0.25, -0.2) is 25.3 Å². The first-order valence-electron chi connectivity index (χ1n) is 7.65. The summed E-state index contributed by atoms with van der Waals surface area (Å²) in [6.07, 6.45) is 1.19. The molecule has 2 saturated carbocycles. The van der Waals surface area contributed by atoms with E-state index < -0.39 is 50.0 Å². The molecule has 0 spiro atoms. The molecule has 2 aliphatic rings.